The van der Waals surface area contributed by atoms with Gasteiger partial charge in [-0.1, -0.05) is 35.9 Å². The molecule has 0 radical (unpaired) electrons. The average molecular weight is 353 g/mol. The number of carbonyl (C=O) groups is 2. The number of benzene rings is 2. The van der Waals surface area contributed by atoms with Gasteiger partial charge in [-0.05, 0) is 37.1 Å². The molecular formula is C20H17ClN2O2. The van der Waals surface area contributed by atoms with Gasteiger partial charge in [0, 0.05) is 34.9 Å². The molecule has 2 aromatic carbocycles. The minimum Gasteiger partial charge on any atom is -0.367 e. The first-order valence-corrected chi connectivity index (χ1v) is 8.73. The van der Waals surface area contributed by atoms with E-state index in [9.17, 15) is 9.59 Å². The van der Waals surface area contributed by atoms with Gasteiger partial charge in [0.1, 0.15) is 11.4 Å². The fourth-order valence-electron chi connectivity index (χ4n) is 3.40. The number of hydrogen-bond acceptors (Lipinski definition) is 4. The second kappa shape index (κ2) is 6.37. The number of rotatable bonds is 3. The van der Waals surface area contributed by atoms with E-state index in [1.165, 1.54) is 0 Å². The van der Waals surface area contributed by atoms with E-state index >= 15 is 0 Å². The Morgan fingerprint density at radius 1 is 0.840 bits per heavy atom. The van der Waals surface area contributed by atoms with Crippen molar-refractivity contribution in [1.29, 1.82) is 0 Å². The highest BCUT2D eigenvalue weighted by atomic mass is 35.5. The summed E-state index contributed by atoms with van der Waals surface area (Å²) in [7, 11) is 0. The Balaban J connectivity index is 1.82. The number of ketones is 2. The van der Waals surface area contributed by atoms with E-state index in [1.807, 2.05) is 4.90 Å². The molecule has 0 saturated carbocycles. The van der Waals surface area contributed by atoms with Crippen LogP contribution in [-0.4, -0.2) is 29.6 Å². The van der Waals surface area contributed by atoms with Gasteiger partial charge < -0.3 is 10.2 Å². The van der Waals surface area contributed by atoms with Gasteiger partial charge in [0.2, 0.25) is 11.6 Å². The molecule has 4 nitrogen and oxygen atoms in total. The number of likely N-dealkylation sites (tertiary alicyclic amines) is 1. The number of fused-ring (bicyclic) bond motifs is 1. The van der Waals surface area contributed by atoms with Crippen molar-refractivity contribution in [2.24, 2.45) is 0 Å². The van der Waals surface area contributed by atoms with E-state index < -0.39 is 0 Å². The average Bonchev–Trinajstić information content (AvgIpc) is 3.15. The minimum absolute atomic E-state index is 0.0893. The molecule has 0 amide bonds. The Hall–Kier alpha value is -2.59. The molecule has 0 aromatic heterocycles. The molecule has 4 rings (SSSR count). The van der Waals surface area contributed by atoms with Crippen LogP contribution in [0.5, 0.6) is 0 Å². The van der Waals surface area contributed by atoms with Crippen molar-refractivity contribution in [3.05, 3.63) is 76.1 Å². The number of Topliss-reactive ketones (excluding diaryl/α,β-unsaturated/α-hetero) is 2. The van der Waals surface area contributed by atoms with Crippen LogP contribution >= 0.6 is 11.6 Å². The number of nitrogens with zero attached hydrogens (tertiary/aromatic N) is 1. The normalized spacial score (nSPS) is 17.1. The first-order chi connectivity index (χ1) is 12.1. The molecule has 5 heteroatoms. The van der Waals surface area contributed by atoms with Gasteiger partial charge in [0.25, 0.3) is 0 Å². The molecule has 2 aromatic rings. The van der Waals surface area contributed by atoms with Gasteiger partial charge in [0.05, 0.1) is 0 Å². The Bertz CT molecular complexity index is 881. The minimum atomic E-state index is -0.146. The van der Waals surface area contributed by atoms with Crippen LogP contribution < -0.4 is 5.32 Å². The monoisotopic (exact) mass is 352 g/mol. The zero-order chi connectivity index (χ0) is 17.4. The van der Waals surface area contributed by atoms with Crippen LogP contribution in [0.1, 0.15) is 33.6 Å². The maximum Gasteiger partial charge on any atom is 0.212 e. The Morgan fingerprint density at radius 3 is 2.08 bits per heavy atom. The zero-order valence-corrected chi connectivity index (χ0v) is 14.3. The van der Waals surface area contributed by atoms with Gasteiger partial charge >= 0.3 is 0 Å². The molecular weight excluding hydrogens is 336 g/mol. The molecule has 0 bridgehead atoms. The lowest BCUT2D eigenvalue weighted by molar-refractivity contribution is 0.0948. The highest BCUT2D eigenvalue weighted by Gasteiger charge is 2.35. The molecule has 1 fully saturated rings. The van der Waals surface area contributed by atoms with E-state index in [2.05, 4.69) is 5.32 Å². The van der Waals surface area contributed by atoms with Crippen molar-refractivity contribution >= 4 is 28.9 Å². The van der Waals surface area contributed by atoms with Gasteiger partial charge in [-0.25, -0.2) is 0 Å². The van der Waals surface area contributed by atoms with Crippen LogP contribution in [0.4, 0.5) is 5.69 Å². The lowest BCUT2D eigenvalue weighted by Crippen LogP contribution is -2.35. The molecule has 2 aliphatic rings. The lowest BCUT2D eigenvalue weighted by atomic mass is 9.89. The second-order valence-corrected chi connectivity index (χ2v) is 6.69. The molecule has 0 spiro atoms. The highest BCUT2D eigenvalue weighted by Crippen LogP contribution is 2.31. The molecule has 0 atom stereocenters. The van der Waals surface area contributed by atoms with E-state index in [0.717, 1.165) is 31.6 Å². The first kappa shape index (κ1) is 15.9. The summed E-state index contributed by atoms with van der Waals surface area (Å²) in [6.07, 6.45) is 2.06. The summed E-state index contributed by atoms with van der Waals surface area (Å²) < 4.78 is 0. The zero-order valence-electron chi connectivity index (χ0n) is 13.6. The molecule has 126 valence electrons. The maximum absolute atomic E-state index is 13.1. The van der Waals surface area contributed by atoms with Crippen LogP contribution in [0, 0.1) is 0 Å². The van der Waals surface area contributed by atoms with Crippen LogP contribution in [0.3, 0.4) is 0 Å². The topological polar surface area (TPSA) is 49.4 Å². The summed E-state index contributed by atoms with van der Waals surface area (Å²) in [6.45, 7) is 1.59. The Kier molecular flexibility index (Phi) is 4.06. The molecule has 0 unspecified atom stereocenters. The van der Waals surface area contributed by atoms with Gasteiger partial charge in [-0.2, -0.15) is 0 Å². The first-order valence-electron chi connectivity index (χ1n) is 8.35. The molecule has 1 heterocycles. The van der Waals surface area contributed by atoms with Crippen LogP contribution in [0.15, 0.2) is 59.9 Å². The number of carbonyl (C=O) groups excluding carboxylic acids is 2. The van der Waals surface area contributed by atoms with E-state index in [4.69, 9.17) is 11.6 Å². The molecule has 25 heavy (non-hydrogen) atoms. The number of hydrogen-bond donors (Lipinski definition) is 1. The third kappa shape index (κ3) is 2.83. The second-order valence-electron chi connectivity index (χ2n) is 6.25. The van der Waals surface area contributed by atoms with E-state index in [0.29, 0.717) is 27.5 Å². The predicted molar refractivity (Wildman–Crippen MR) is 98.0 cm³/mol. The van der Waals surface area contributed by atoms with Crippen molar-refractivity contribution in [3.63, 3.8) is 0 Å². The fraction of sp³-hybridized carbons (Fsp3) is 0.200. The van der Waals surface area contributed by atoms with Crippen molar-refractivity contribution in [1.82, 2.24) is 4.90 Å². The summed E-state index contributed by atoms with van der Waals surface area (Å²) in [5, 5.41) is 3.79. The summed E-state index contributed by atoms with van der Waals surface area (Å²) in [5.41, 5.74) is 2.50. The lowest BCUT2D eigenvalue weighted by Gasteiger charge is -2.28. The maximum atomic E-state index is 13.1. The smallest absolute Gasteiger partial charge is 0.212 e. The number of anilines is 1. The van der Waals surface area contributed by atoms with E-state index in [-0.39, 0.29) is 11.6 Å². The third-order valence-corrected chi connectivity index (χ3v) is 4.88. The quantitative estimate of drug-likeness (QED) is 0.902. The van der Waals surface area contributed by atoms with Crippen molar-refractivity contribution < 1.29 is 9.59 Å². The van der Waals surface area contributed by atoms with Gasteiger partial charge in [-0.3, -0.25) is 9.59 Å². The SMILES string of the molecule is O=C1C(Nc2ccc(Cl)cc2)=C(N2CCCC2)C(=O)c2ccccc21. The summed E-state index contributed by atoms with van der Waals surface area (Å²) in [4.78, 5) is 28.2. The predicted octanol–water partition coefficient (Wildman–Crippen LogP) is 4.14. The van der Waals surface area contributed by atoms with Gasteiger partial charge in [0.15, 0.2) is 0 Å². The number of halogens is 1. The van der Waals surface area contributed by atoms with E-state index in [1.54, 1.807) is 48.5 Å². The number of nitrogens with one attached hydrogen (secondary N) is 1. The molecule has 1 aliphatic heterocycles. The standard InChI is InChI=1S/C20H17ClN2O2/c21-13-7-9-14(10-8-13)22-17-18(23-11-3-4-12-23)20(25)16-6-2-1-5-15(16)19(17)24/h1-2,5-10,22H,3-4,11-12H2. The Labute approximate surface area is 151 Å². The van der Waals surface area contributed by atoms with Crippen molar-refractivity contribution in [2.75, 3.05) is 18.4 Å². The largest absolute Gasteiger partial charge is 0.367 e. The summed E-state index contributed by atoms with van der Waals surface area (Å²) in [6, 6.07) is 14.1. The van der Waals surface area contributed by atoms with Crippen LogP contribution in [0.25, 0.3) is 0 Å². The summed E-state index contributed by atoms with van der Waals surface area (Å²) in [5.74, 6) is -0.236. The highest BCUT2D eigenvalue weighted by molar-refractivity contribution is 6.30. The Morgan fingerprint density at radius 2 is 1.44 bits per heavy atom. The third-order valence-electron chi connectivity index (χ3n) is 4.63. The number of allylic oxidation sites excluding steroid dienone is 2. The van der Waals surface area contributed by atoms with Gasteiger partial charge in [-0.15, -0.1) is 0 Å². The molecule has 1 saturated heterocycles. The van der Waals surface area contributed by atoms with Crippen molar-refractivity contribution in [3.8, 4) is 0 Å². The fourth-order valence-corrected chi connectivity index (χ4v) is 3.52. The molecule has 1 aliphatic carbocycles. The summed E-state index contributed by atoms with van der Waals surface area (Å²) >= 11 is 5.94. The van der Waals surface area contributed by atoms with Crippen molar-refractivity contribution in [2.45, 2.75) is 12.8 Å². The molecule has 1 N–H and O–H groups in total. The van der Waals surface area contributed by atoms with Crippen LogP contribution in [-0.2, 0) is 0 Å². The van der Waals surface area contributed by atoms with Crippen LogP contribution in [0.2, 0.25) is 5.02 Å².